The molecular weight excluding hydrogens is 241 g/mol. The zero-order chi connectivity index (χ0) is 12.4. The van der Waals surface area contributed by atoms with Crippen molar-refractivity contribution in [1.82, 2.24) is 0 Å². The molecule has 0 heterocycles. The van der Waals surface area contributed by atoms with Crippen molar-refractivity contribution in [2.75, 3.05) is 12.8 Å². The van der Waals surface area contributed by atoms with Gasteiger partial charge in [-0.05, 0) is 24.3 Å². The van der Waals surface area contributed by atoms with Gasteiger partial charge in [0.25, 0.3) is 0 Å². The Hall–Kier alpha value is -1.74. The summed E-state index contributed by atoms with van der Waals surface area (Å²) in [5.74, 6) is -0.258. The van der Waals surface area contributed by atoms with E-state index in [1.165, 1.54) is 7.11 Å². The molecule has 2 rings (SSSR count). The summed E-state index contributed by atoms with van der Waals surface area (Å²) in [6, 6.07) is 9.85. The zero-order valence-corrected chi connectivity index (χ0v) is 9.96. The summed E-state index contributed by atoms with van der Waals surface area (Å²) < 4.78 is 19.0. The molecule has 0 saturated carbocycles. The van der Waals surface area contributed by atoms with Crippen LogP contribution in [-0.4, -0.2) is 7.11 Å². The van der Waals surface area contributed by atoms with E-state index in [1.54, 1.807) is 36.4 Å². The lowest BCUT2D eigenvalue weighted by Gasteiger charge is -2.10. The van der Waals surface area contributed by atoms with Gasteiger partial charge in [-0.2, -0.15) is 0 Å². The fraction of sp³-hybridized carbons (Fsp3) is 0.0769. The third-order valence-corrected chi connectivity index (χ3v) is 2.72. The van der Waals surface area contributed by atoms with Crippen LogP contribution in [0, 0.1) is 5.82 Å². The summed E-state index contributed by atoms with van der Waals surface area (Å²) in [7, 11) is 1.42. The Morgan fingerprint density at radius 3 is 2.65 bits per heavy atom. The predicted molar refractivity (Wildman–Crippen MR) is 67.8 cm³/mol. The van der Waals surface area contributed by atoms with Crippen LogP contribution in [0.2, 0.25) is 5.02 Å². The molecule has 4 heteroatoms. The SMILES string of the molecule is COc1cccc(-c2cc(Cl)ccc2N)c1F. The molecule has 0 saturated heterocycles. The van der Waals surface area contributed by atoms with E-state index < -0.39 is 5.82 Å². The molecule has 0 amide bonds. The Morgan fingerprint density at radius 2 is 1.94 bits per heavy atom. The highest BCUT2D eigenvalue weighted by Crippen LogP contribution is 2.33. The van der Waals surface area contributed by atoms with Crippen LogP contribution in [0.4, 0.5) is 10.1 Å². The maximum atomic E-state index is 14.0. The summed E-state index contributed by atoms with van der Waals surface area (Å²) in [4.78, 5) is 0. The minimum absolute atomic E-state index is 0.182. The summed E-state index contributed by atoms with van der Waals surface area (Å²) in [6.07, 6.45) is 0. The van der Waals surface area contributed by atoms with E-state index in [4.69, 9.17) is 22.1 Å². The van der Waals surface area contributed by atoms with Crippen LogP contribution >= 0.6 is 11.6 Å². The third kappa shape index (κ3) is 2.19. The quantitative estimate of drug-likeness (QED) is 0.826. The molecule has 0 unspecified atom stereocenters. The molecule has 0 aliphatic carbocycles. The maximum absolute atomic E-state index is 14.0. The highest BCUT2D eigenvalue weighted by molar-refractivity contribution is 6.31. The first-order valence-electron chi connectivity index (χ1n) is 5.01. The molecule has 17 heavy (non-hydrogen) atoms. The van der Waals surface area contributed by atoms with Crippen molar-refractivity contribution in [3.05, 3.63) is 47.2 Å². The van der Waals surface area contributed by atoms with E-state index in [0.717, 1.165) is 0 Å². The van der Waals surface area contributed by atoms with Crippen LogP contribution in [0.15, 0.2) is 36.4 Å². The third-order valence-electron chi connectivity index (χ3n) is 2.49. The van der Waals surface area contributed by atoms with Crippen LogP contribution in [0.3, 0.4) is 0 Å². The van der Waals surface area contributed by atoms with Gasteiger partial charge in [0.2, 0.25) is 0 Å². The second-order valence-corrected chi connectivity index (χ2v) is 3.99. The molecule has 2 N–H and O–H groups in total. The number of rotatable bonds is 2. The Morgan fingerprint density at radius 1 is 1.18 bits per heavy atom. The lowest BCUT2D eigenvalue weighted by molar-refractivity contribution is 0.387. The molecule has 0 aliphatic rings. The molecule has 0 bridgehead atoms. The van der Waals surface area contributed by atoms with Crippen molar-refractivity contribution in [1.29, 1.82) is 0 Å². The second kappa shape index (κ2) is 4.63. The molecule has 2 nitrogen and oxygen atoms in total. The summed E-state index contributed by atoms with van der Waals surface area (Å²) >= 11 is 5.88. The van der Waals surface area contributed by atoms with Gasteiger partial charge in [0.15, 0.2) is 11.6 Å². The number of nitrogen functional groups attached to an aromatic ring is 1. The number of ether oxygens (including phenoxy) is 1. The average molecular weight is 252 g/mol. The fourth-order valence-electron chi connectivity index (χ4n) is 1.64. The monoisotopic (exact) mass is 251 g/mol. The predicted octanol–water partition coefficient (Wildman–Crippen LogP) is 3.74. The first kappa shape index (κ1) is 11.7. The first-order valence-corrected chi connectivity index (χ1v) is 5.39. The largest absolute Gasteiger partial charge is 0.494 e. The zero-order valence-electron chi connectivity index (χ0n) is 9.21. The van der Waals surface area contributed by atoms with Crippen LogP contribution in [0.1, 0.15) is 0 Å². The molecule has 0 aromatic heterocycles. The summed E-state index contributed by atoms with van der Waals surface area (Å²) in [5, 5.41) is 0.511. The van der Waals surface area contributed by atoms with E-state index in [9.17, 15) is 4.39 Å². The first-order chi connectivity index (χ1) is 8.13. The number of hydrogen-bond donors (Lipinski definition) is 1. The summed E-state index contributed by atoms with van der Waals surface area (Å²) in [5.41, 5.74) is 7.23. The smallest absolute Gasteiger partial charge is 0.172 e. The van der Waals surface area contributed by atoms with Crippen LogP contribution in [0.25, 0.3) is 11.1 Å². The van der Waals surface area contributed by atoms with Crippen molar-refractivity contribution in [3.63, 3.8) is 0 Å². The molecule has 0 atom stereocenters. The van der Waals surface area contributed by atoms with Gasteiger partial charge in [-0.15, -0.1) is 0 Å². The minimum Gasteiger partial charge on any atom is -0.494 e. The fourth-order valence-corrected chi connectivity index (χ4v) is 1.81. The van der Waals surface area contributed by atoms with Gasteiger partial charge in [-0.1, -0.05) is 23.7 Å². The van der Waals surface area contributed by atoms with E-state index in [-0.39, 0.29) is 5.75 Å². The highest BCUT2D eigenvalue weighted by Gasteiger charge is 2.12. The van der Waals surface area contributed by atoms with Crippen molar-refractivity contribution < 1.29 is 9.13 Å². The van der Waals surface area contributed by atoms with Gasteiger partial charge in [0, 0.05) is 21.8 Å². The lowest BCUT2D eigenvalue weighted by atomic mass is 10.0. The topological polar surface area (TPSA) is 35.2 Å². The van der Waals surface area contributed by atoms with Crippen LogP contribution < -0.4 is 10.5 Å². The Balaban J connectivity index is 2.64. The summed E-state index contributed by atoms with van der Waals surface area (Å²) in [6.45, 7) is 0. The van der Waals surface area contributed by atoms with E-state index in [1.807, 2.05) is 0 Å². The molecule has 0 radical (unpaired) electrons. The highest BCUT2D eigenvalue weighted by atomic mass is 35.5. The van der Waals surface area contributed by atoms with Gasteiger partial charge >= 0.3 is 0 Å². The number of methoxy groups -OCH3 is 1. The molecule has 0 aliphatic heterocycles. The van der Waals surface area contributed by atoms with E-state index in [2.05, 4.69) is 0 Å². The average Bonchev–Trinajstić information content (AvgIpc) is 2.33. The minimum atomic E-state index is -0.441. The van der Waals surface area contributed by atoms with E-state index >= 15 is 0 Å². The molecular formula is C13H11ClFNO. The number of nitrogens with two attached hydrogens (primary N) is 1. The van der Waals surface area contributed by atoms with Gasteiger partial charge in [-0.3, -0.25) is 0 Å². The van der Waals surface area contributed by atoms with Gasteiger partial charge < -0.3 is 10.5 Å². The lowest BCUT2D eigenvalue weighted by Crippen LogP contribution is -1.94. The number of anilines is 1. The van der Waals surface area contributed by atoms with Crippen molar-refractivity contribution >= 4 is 17.3 Å². The molecule has 0 fully saturated rings. The normalized spacial score (nSPS) is 10.3. The van der Waals surface area contributed by atoms with Gasteiger partial charge in [0.1, 0.15) is 0 Å². The number of benzene rings is 2. The van der Waals surface area contributed by atoms with Crippen molar-refractivity contribution in [2.45, 2.75) is 0 Å². The van der Waals surface area contributed by atoms with Crippen molar-refractivity contribution in [3.8, 4) is 16.9 Å². The molecule has 2 aromatic rings. The standard InChI is InChI=1S/C13H11ClFNO/c1-17-12-4-2-3-9(13(12)15)10-7-8(14)5-6-11(10)16/h2-7H,16H2,1H3. The number of hydrogen-bond acceptors (Lipinski definition) is 2. The van der Waals surface area contributed by atoms with Crippen LogP contribution in [-0.2, 0) is 0 Å². The maximum Gasteiger partial charge on any atom is 0.172 e. The molecule has 2 aromatic carbocycles. The van der Waals surface area contributed by atoms with Gasteiger partial charge in [0.05, 0.1) is 7.11 Å². The Kier molecular flexibility index (Phi) is 3.20. The second-order valence-electron chi connectivity index (χ2n) is 3.55. The van der Waals surface area contributed by atoms with Gasteiger partial charge in [-0.25, -0.2) is 4.39 Å². The molecule has 0 spiro atoms. The van der Waals surface area contributed by atoms with E-state index in [0.29, 0.717) is 21.8 Å². The van der Waals surface area contributed by atoms with Crippen molar-refractivity contribution in [2.24, 2.45) is 0 Å². The molecule has 88 valence electrons. The Labute approximate surface area is 104 Å². The number of halogens is 2. The van der Waals surface area contributed by atoms with Crippen LogP contribution in [0.5, 0.6) is 5.75 Å². The Bertz CT molecular complexity index is 557.